The lowest BCUT2D eigenvalue weighted by atomic mass is 10.2. The summed E-state index contributed by atoms with van der Waals surface area (Å²) in [5.41, 5.74) is 1.35. The molecule has 5 nitrogen and oxygen atoms in total. The minimum atomic E-state index is -0.0651. The van der Waals surface area contributed by atoms with Gasteiger partial charge in [0.1, 0.15) is 5.69 Å². The maximum absolute atomic E-state index is 12.3. The van der Waals surface area contributed by atoms with E-state index >= 15 is 0 Å². The molecule has 1 amide bonds. The van der Waals surface area contributed by atoms with Crippen molar-refractivity contribution < 1.29 is 9.53 Å². The summed E-state index contributed by atoms with van der Waals surface area (Å²) < 4.78 is 5.08. The van der Waals surface area contributed by atoms with Crippen LogP contribution in [0.1, 0.15) is 24.3 Å². The molecule has 0 saturated carbocycles. The first kappa shape index (κ1) is 14.4. The molecule has 0 bridgehead atoms. The van der Waals surface area contributed by atoms with Crippen molar-refractivity contribution in [2.24, 2.45) is 0 Å². The number of hydrogen-bond donors (Lipinski definition) is 1. The third-order valence-electron chi connectivity index (χ3n) is 2.81. The number of pyridine rings is 1. The zero-order valence-electron chi connectivity index (χ0n) is 11.4. The van der Waals surface area contributed by atoms with Crippen molar-refractivity contribution in [3.05, 3.63) is 24.0 Å². The lowest BCUT2D eigenvalue weighted by molar-refractivity contribution is 0.0574. The van der Waals surface area contributed by atoms with Gasteiger partial charge in [-0.25, -0.2) is 4.98 Å². The van der Waals surface area contributed by atoms with E-state index in [9.17, 15) is 4.79 Å². The average molecular weight is 251 g/mol. The number of ether oxygens (including phenoxy) is 1. The van der Waals surface area contributed by atoms with Crippen LogP contribution in [-0.2, 0) is 4.74 Å². The minimum Gasteiger partial charge on any atom is -0.387 e. The molecule has 100 valence electrons. The highest BCUT2D eigenvalue weighted by Crippen LogP contribution is 2.10. The first-order chi connectivity index (χ1) is 8.63. The summed E-state index contributed by atoms with van der Waals surface area (Å²) in [6.45, 7) is 5.08. The topological polar surface area (TPSA) is 54.5 Å². The number of amides is 1. The molecule has 5 heteroatoms. The molecule has 0 aliphatic heterocycles. The van der Waals surface area contributed by atoms with E-state index in [1.807, 2.05) is 27.0 Å². The number of likely N-dealkylation sites (N-methyl/N-ethyl adjacent to an activating group) is 1. The fourth-order valence-electron chi connectivity index (χ4n) is 1.80. The van der Waals surface area contributed by atoms with Crippen LogP contribution in [0.4, 0.5) is 5.69 Å². The molecule has 1 heterocycles. The van der Waals surface area contributed by atoms with E-state index < -0.39 is 0 Å². The molecule has 1 N–H and O–H groups in total. The van der Waals surface area contributed by atoms with E-state index in [2.05, 4.69) is 10.3 Å². The number of nitrogens with zero attached hydrogens (tertiary/aromatic N) is 2. The van der Waals surface area contributed by atoms with Gasteiger partial charge < -0.3 is 15.0 Å². The Morgan fingerprint density at radius 3 is 2.72 bits per heavy atom. The number of carbonyl (C=O) groups excluding carboxylic acids is 1. The molecule has 0 fully saturated rings. The Morgan fingerprint density at radius 2 is 2.28 bits per heavy atom. The highest BCUT2D eigenvalue weighted by Gasteiger charge is 2.20. The van der Waals surface area contributed by atoms with Crippen LogP contribution in [0.25, 0.3) is 0 Å². The van der Waals surface area contributed by atoms with Crippen LogP contribution in [-0.4, -0.2) is 49.1 Å². The van der Waals surface area contributed by atoms with Gasteiger partial charge in [0, 0.05) is 20.7 Å². The van der Waals surface area contributed by atoms with Gasteiger partial charge in [0.05, 0.1) is 24.5 Å². The minimum absolute atomic E-state index is 0.0401. The van der Waals surface area contributed by atoms with E-state index in [0.29, 0.717) is 18.8 Å². The standard InChI is InChI=1S/C13H21N3O2/c1-5-16(10(2)9-18-4)13(17)12-7-6-11(14-3)8-15-12/h6-8,10,14H,5,9H2,1-4H3. The fraction of sp³-hybridized carbons (Fsp3) is 0.538. The maximum atomic E-state index is 12.3. The number of rotatable bonds is 6. The molecule has 0 aliphatic rings. The average Bonchev–Trinajstić information content (AvgIpc) is 2.40. The Morgan fingerprint density at radius 1 is 1.56 bits per heavy atom. The van der Waals surface area contributed by atoms with E-state index in [4.69, 9.17) is 4.74 Å². The largest absolute Gasteiger partial charge is 0.387 e. The summed E-state index contributed by atoms with van der Waals surface area (Å²) >= 11 is 0. The van der Waals surface area contributed by atoms with Crippen LogP contribution in [0.3, 0.4) is 0 Å². The quantitative estimate of drug-likeness (QED) is 0.834. The van der Waals surface area contributed by atoms with Crippen LogP contribution in [0.15, 0.2) is 18.3 Å². The van der Waals surface area contributed by atoms with Gasteiger partial charge in [0.2, 0.25) is 0 Å². The Balaban J connectivity index is 2.82. The van der Waals surface area contributed by atoms with Crippen LogP contribution in [0, 0.1) is 0 Å². The molecular weight excluding hydrogens is 230 g/mol. The maximum Gasteiger partial charge on any atom is 0.272 e. The summed E-state index contributed by atoms with van der Waals surface area (Å²) in [6.07, 6.45) is 1.65. The van der Waals surface area contributed by atoms with Crippen LogP contribution in [0.5, 0.6) is 0 Å². The summed E-state index contributed by atoms with van der Waals surface area (Å²) in [4.78, 5) is 18.2. The highest BCUT2D eigenvalue weighted by molar-refractivity contribution is 5.92. The lowest BCUT2D eigenvalue weighted by Gasteiger charge is -2.27. The molecule has 18 heavy (non-hydrogen) atoms. The first-order valence-corrected chi connectivity index (χ1v) is 6.07. The van der Waals surface area contributed by atoms with E-state index in [-0.39, 0.29) is 11.9 Å². The van der Waals surface area contributed by atoms with Crippen molar-refractivity contribution in [1.82, 2.24) is 9.88 Å². The molecule has 1 unspecified atom stereocenters. The third kappa shape index (κ3) is 3.43. The van der Waals surface area contributed by atoms with Crippen molar-refractivity contribution in [2.45, 2.75) is 19.9 Å². The molecule has 1 aromatic rings. The van der Waals surface area contributed by atoms with Crippen molar-refractivity contribution in [3.8, 4) is 0 Å². The highest BCUT2D eigenvalue weighted by atomic mass is 16.5. The SMILES string of the molecule is CCN(C(=O)c1ccc(NC)cn1)C(C)COC. The Hall–Kier alpha value is -1.62. The second kappa shape index (κ2) is 6.96. The van der Waals surface area contributed by atoms with E-state index in [1.165, 1.54) is 0 Å². The predicted molar refractivity (Wildman–Crippen MR) is 71.8 cm³/mol. The molecule has 0 aromatic carbocycles. The van der Waals surface area contributed by atoms with Gasteiger partial charge in [-0.3, -0.25) is 4.79 Å². The van der Waals surface area contributed by atoms with Gasteiger partial charge in [-0.05, 0) is 26.0 Å². The Kier molecular flexibility index (Phi) is 5.58. The van der Waals surface area contributed by atoms with Gasteiger partial charge >= 0.3 is 0 Å². The van der Waals surface area contributed by atoms with Crippen molar-refractivity contribution in [1.29, 1.82) is 0 Å². The van der Waals surface area contributed by atoms with E-state index in [0.717, 1.165) is 5.69 Å². The van der Waals surface area contributed by atoms with Crippen LogP contribution >= 0.6 is 0 Å². The summed E-state index contributed by atoms with van der Waals surface area (Å²) in [6, 6.07) is 3.61. The van der Waals surface area contributed by atoms with Gasteiger partial charge in [-0.2, -0.15) is 0 Å². The van der Waals surface area contributed by atoms with Gasteiger partial charge in [0.25, 0.3) is 5.91 Å². The normalized spacial score (nSPS) is 12.0. The predicted octanol–water partition coefficient (Wildman–Crippen LogP) is 1.62. The van der Waals surface area contributed by atoms with Crippen molar-refractivity contribution >= 4 is 11.6 Å². The number of carbonyl (C=O) groups is 1. The third-order valence-corrected chi connectivity index (χ3v) is 2.81. The smallest absolute Gasteiger partial charge is 0.272 e. The second-order valence-electron chi connectivity index (χ2n) is 4.08. The van der Waals surface area contributed by atoms with Crippen LogP contribution in [0.2, 0.25) is 0 Å². The zero-order chi connectivity index (χ0) is 13.5. The molecule has 1 rings (SSSR count). The molecule has 1 aromatic heterocycles. The first-order valence-electron chi connectivity index (χ1n) is 6.07. The number of aromatic nitrogens is 1. The number of hydrogen-bond acceptors (Lipinski definition) is 4. The molecule has 0 spiro atoms. The summed E-state index contributed by atoms with van der Waals surface area (Å²) in [5.74, 6) is -0.0651. The molecular formula is C13H21N3O2. The van der Waals surface area contributed by atoms with Gasteiger partial charge in [0.15, 0.2) is 0 Å². The molecule has 0 saturated heterocycles. The lowest BCUT2D eigenvalue weighted by Crippen LogP contribution is -2.41. The van der Waals surface area contributed by atoms with Gasteiger partial charge in [-0.15, -0.1) is 0 Å². The second-order valence-corrected chi connectivity index (χ2v) is 4.08. The number of nitrogens with one attached hydrogen (secondary N) is 1. The summed E-state index contributed by atoms with van der Waals surface area (Å²) in [7, 11) is 3.45. The van der Waals surface area contributed by atoms with Crippen LogP contribution < -0.4 is 5.32 Å². The monoisotopic (exact) mass is 251 g/mol. The summed E-state index contributed by atoms with van der Waals surface area (Å²) in [5, 5.41) is 2.97. The van der Waals surface area contributed by atoms with Crippen molar-refractivity contribution in [2.75, 3.05) is 32.6 Å². The molecule has 0 radical (unpaired) electrons. The van der Waals surface area contributed by atoms with E-state index in [1.54, 1.807) is 24.3 Å². The number of methoxy groups -OCH3 is 1. The zero-order valence-corrected chi connectivity index (χ0v) is 11.4. The van der Waals surface area contributed by atoms with Crippen molar-refractivity contribution in [3.63, 3.8) is 0 Å². The number of anilines is 1. The fourth-order valence-corrected chi connectivity index (χ4v) is 1.80. The molecule has 0 aliphatic carbocycles. The van der Waals surface area contributed by atoms with Gasteiger partial charge in [-0.1, -0.05) is 0 Å². The molecule has 1 atom stereocenters. The Labute approximate surface area is 108 Å². The Bertz CT molecular complexity index is 378.